The Hall–Kier alpha value is -0.0600. The van der Waals surface area contributed by atoms with Crippen molar-refractivity contribution in [1.82, 2.24) is 0 Å². The molecule has 4 heteroatoms. The van der Waals surface area contributed by atoms with Gasteiger partial charge in [0.05, 0.1) is 15.6 Å². The molecule has 1 rings (SSSR count). The van der Waals surface area contributed by atoms with Crippen molar-refractivity contribution in [3.8, 4) is 5.75 Å². The van der Waals surface area contributed by atoms with Gasteiger partial charge in [-0.1, -0.05) is 0 Å². The Labute approximate surface area is 94.2 Å². The number of rotatable bonds is 3. The van der Waals surface area contributed by atoms with Gasteiger partial charge in [-0.25, -0.2) is 0 Å². The lowest BCUT2D eigenvalue weighted by Gasteiger charge is -2.05. The topological polar surface area (TPSA) is 29.5 Å². The molecular formula is C9H10Br2O2. The van der Waals surface area contributed by atoms with E-state index in [0.717, 1.165) is 5.56 Å². The number of phenols is 1. The van der Waals surface area contributed by atoms with Crippen molar-refractivity contribution < 1.29 is 9.84 Å². The Bertz CT molecular complexity index is 277. The molecule has 0 aliphatic heterocycles. The van der Waals surface area contributed by atoms with Crippen LogP contribution in [-0.2, 0) is 11.3 Å². The molecule has 0 atom stereocenters. The average molecular weight is 310 g/mol. The number of hydrogen-bond donors (Lipinski definition) is 1. The molecule has 0 fully saturated rings. The van der Waals surface area contributed by atoms with Crippen LogP contribution in [0.3, 0.4) is 0 Å². The van der Waals surface area contributed by atoms with E-state index in [1.807, 2.05) is 19.1 Å². The van der Waals surface area contributed by atoms with Gasteiger partial charge in [-0.3, -0.25) is 0 Å². The van der Waals surface area contributed by atoms with Gasteiger partial charge in [-0.05, 0) is 56.5 Å². The SMILES string of the molecule is CCOCc1cc(Br)c(O)c(Br)c1. The van der Waals surface area contributed by atoms with Crippen molar-refractivity contribution in [3.63, 3.8) is 0 Å². The summed E-state index contributed by atoms with van der Waals surface area (Å²) in [5, 5.41) is 9.42. The molecule has 0 unspecified atom stereocenters. The van der Waals surface area contributed by atoms with E-state index in [4.69, 9.17) is 4.74 Å². The van der Waals surface area contributed by atoms with Crippen molar-refractivity contribution in [2.45, 2.75) is 13.5 Å². The second-order valence-electron chi connectivity index (χ2n) is 2.55. The molecule has 1 aromatic rings. The Morgan fingerprint density at radius 2 is 1.85 bits per heavy atom. The summed E-state index contributed by atoms with van der Waals surface area (Å²) in [6, 6.07) is 3.69. The second-order valence-corrected chi connectivity index (χ2v) is 4.25. The zero-order chi connectivity index (χ0) is 9.84. The number of aromatic hydroxyl groups is 1. The van der Waals surface area contributed by atoms with Gasteiger partial charge in [-0.2, -0.15) is 0 Å². The molecule has 1 aromatic carbocycles. The lowest BCUT2D eigenvalue weighted by molar-refractivity contribution is 0.134. The quantitative estimate of drug-likeness (QED) is 0.926. The minimum Gasteiger partial charge on any atom is -0.506 e. The van der Waals surface area contributed by atoms with Crippen molar-refractivity contribution in [2.75, 3.05) is 6.61 Å². The third-order valence-corrected chi connectivity index (χ3v) is 2.76. The van der Waals surface area contributed by atoms with Crippen LogP contribution in [0, 0.1) is 0 Å². The standard InChI is InChI=1S/C9H10Br2O2/c1-2-13-5-6-3-7(10)9(12)8(11)4-6/h3-4,12H,2,5H2,1H3. The summed E-state index contributed by atoms with van der Waals surface area (Å²) in [5.41, 5.74) is 1.03. The molecule has 72 valence electrons. The zero-order valence-corrected chi connectivity index (χ0v) is 10.4. The largest absolute Gasteiger partial charge is 0.506 e. The molecular weight excluding hydrogens is 300 g/mol. The van der Waals surface area contributed by atoms with Crippen molar-refractivity contribution in [3.05, 3.63) is 26.6 Å². The Morgan fingerprint density at radius 1 is 1.31 bits per heavy atom. The van der Waals surface area contributed by atoms with Gasteiger partial charge in [0.2, 0.25) is 0 Å². The van der Waals surface area contributed by atoms with E-state index in [2.05, 4.69) is 31.9 Å². The summed E-state index contributed by atoms with van der Waals surface area (Å²) in [7, 11) is 0. The van der Waals surface area contributed by atoms with E-state index < -0.39 is 0 Å². The summed E-state index contributed by atoms with van der Waals surface area (Å²) in [4.78, 5) is 0. The molecule has 0 aliphatic carbocycles. The van der Waals surface area contributed by atoms with Crippen LogP contribution < -0.4 is 0 Å². The molecule has 0 amide bonds. The van der Waals surface area contributed by atoms with Crippen molar-refractivity contribution in [2.24, 2.45) is 0 Å². The normalized spacial score (nSPS) is 10.4. The summed E-state index contributed by atoms with van der Waals surface area (Å²) in [6.45, 7) is 3.20. The minimum absolute atomic E-state index is 0.222. The van der Waals surface area contributed by atoms with Crippen molar-refractivity contribution >= 4 is 31.9 Å². The van der Waals surface area contributed by atoms with Gasteiger partial charge in [0, 0.05) is 6.61 Å². The lowest BCUT2D eigenvalue weighted by atomic mass is 10.2. The number of hydrogen-bond acceptors (Lipinski definition) is 2. The van der Waals surface area contributed by atoms with E-state index in [0.29, 0.717) is 22.2 Å². The molecule has 1 N–H and O–H groups in total. The molecule has 0 spiro atoms. The van der Waals surface area contributed by atoms with Gasteiger partial charge in [0.25, 0.3) is 0 Å². The fourth-order valence-electron chi connectivity index (χ4n) is 0.921. The number of ether oxygens (including phenoxy) is 1. The Kier molecular flexibility index (Phi) is 4.22. The molecule has 0 saturated heterocycles. The van der Waals surface area contributed by atoms with Crippen molar-refractivity contribution in [1.29, 1.82) is 0 Å². The van der Waals surface area contributed by atoms with Crippen LogP contribution in [0.5, 0.6) is 5.75 Å². The summed E-state index contributed by atoms with van der Waals surface area (Å²) < 4.78 is 6.60. The number of halogens is 2. The molecule has 13 heavy (non-hydrogen) atoms. The summed E-state index contributed by atoms with van der Waals surface area (Å²) in [5.74, 6) is 0.222. The first-order valence-electron chi connectivity index (χ1n) is 3.89. The second kappa shape index (κ2) is 4.98. The molecule has 0 aliphatic rings. The van der Waals surface area contributed by atoms with E-state index in [9.17, 15) is 5.11 Å². The van der Waals surface area contributed by atoms with E-state index >= 15 is 0 Å². The predicted octanol–water partition coefficient (Wildman–Crippen LogP) is 3.45. The first kappa shape index (κ1) is 11.0. The van der Waals surface area contributed by atoms with Gasteiger partial charge < -0.3 is 9.84 Å². The minimum atomic E-state index is 0.222. The predicted molar refractivity (Wildman–Crippen MR) is 58.8 cm³/mol. The highest BCUT2D eigenvalue weighted by Crippen LogP contribution is 2.33. The molecule has 0 radical (unpaired) electrons. The van der Waals surface area contributed by atoms with Crippen LogP contribution in [0.4, 0.5) is 0 Å². The van der Waals surface area contributed by atoms with E-state index in [1.54, 1.807) is 0 Å². The maximum Gasteiger partial charge on any atom is 0.143 e. The summed E-state index contributed by atoms with van der Waals surface area (Å²) in [6.07, 6.45) is 0. The molecule has 0 aromatic heterocycles. The highest BCUT2D eigenvalue weighted by molar-refractivity contribution is 9.11. The van der Waals surface area contributed by atoms with Crippen LogP contribution in [0.2, 0.25) is 0 Å². The maximum absolute atomic E-state index is 9.42. The first-order valence-corrected chi connectivity index (χ1v) is 5.48. The fourth-order valence-corrected chi connectivity index (χ4v) is 2.20. The monoisotopic (exact) mass is 308 g/mol. The number of phenolic OH excluding ortho intramolecular Hbond substituents is 1. The fraction of sp³-hybridized carbons (Fsp3) is 0.333. The van der Waals surface area contributed by atoms with Gasteiger partial charge in [0.15, 0.2) is 0 Å². The molecule has 0 bridgehead atoms. The first-order chi connectivity index (χ1) is 6.15. The van der Waals surface area contributed by atoms with E-state index in [-0.39, 0.29) is 5.75 Å². The van der Waals surface area contributed by atoms with Gasteiger partial charge in [0.1, 0.15) is 5.75 Å². The maximum atomic E-state index is 9.42. The number of benzene rings is 1. The van der Waals surface area contributed by atoms with Gasteiger partial charge >= 0.3 is 0 Å². The third-order valence-electron chi connectivity index (χ3n) is 1.55. The Balaban J connectivity index is 2.86. The van der Waals surface area contributed by atoms with Crippen LogP contribution in [0.15, 0.2) is 21.1 Å². The Morgan fingerprint density at radius 3 is 2.31 bits per heavy atom. The zero-order valence-electron chi connectivity index (χ0n) is 7.18. The van der Waals surface area contributed by atoms with Crippen LogP contribution in [0.25, 0.3) is 0 Å². The molecule has 0 heterocycles. The van der Waals surface area contributed by atoms with Gasteiger partial charge in [-0.15, -0.1) is 0 Å². The lowest BCUT2D eigenvalue weighted by Crippen LogP contribution is -1.91. The van der Waals surface area contributed by atoms with Crippen LogP contribution in [0.1, 0.15) is 12.5 Å². The van der Waals surface area contributed by atoms with Crippen LogP contribution >= 0.6 is 31.9 Å². The summed E-state index contributed by atoms with van der Waals surface area (Å²) >= 11 is 6.51. The third kappa shape index (κ3) is 2.97. The van der Waals surface area contributed by atoms with Crippen LogP contribution in [-0.4, -0.2) is 11.7 Å². The average Bonchev–Trinajstić information content (AvgIpc) is 2.10. The smallest absolute Gasteiger partial charge is 0.143 e. The molecule has 2 nitrogen and oxygen atoms in total. The molecule has 0 saturated carbocycles. The highest BCUT2D eigenvalue weighted by Gasteiger charge is 2.05. The van der Waals surface area contributed by atoms with E-state index in [1.165, 1.54) is 0 Å². The highest BCUT2D eigenvalue weighted by atomic mass is 79.9.